The van der Waals surface area contributed by atoms with Crippen molar-refractivity contribution in [3.8, 4) is 11.1 Å². The number of ether oxygens (including phenoxy) is 1. The Hall–Kier alpha value is -3.57. The van der Waals surface area contributed by atoms with Crippen LogP contribution in [0.2, 0.25) is 5.02 Å². The van der Waals surface area contributed by atoms with E-state index in [1.165, 1.54) is 6.08 Å². The summed E-state index contributed by atoms with van der Waals surface area (Å²) in [5.41, 5.74) is 4.72. The lowest BCUT2D eigenvalue weighted by atomic mass is 9.98. The minimum Gasteiger partial charge on any atom is -0.477 e. The van der Waals surface area contributed by atoms with Crippen LogP contribution in [0.4, 0.5) is 4.79 Å². The molecule has 150 valence electrons. The molecule has 1 aliphatic rings. The first-order valence-corrected chi connectivity index (χ1v) is 9.73. The summed E-state index contributed by atoms with van der Waals surface area (Å²) in [6.45, 7) is 0.105. The fraction of sp³-hybridized carbons (Fsp3) is 0.0833. The molecule has 0 bridgehead atoms. The second-order valence-corrected chi connectivity index (χ2v) is 7.30. The zero-order chi connectivity index (χ0) is 21.1. The average Bonchev–Trinajstić information content (AvgIpc) is 3.07. The maximum Gasteiger partial charge on any atom is 0.411 e. The first kappa shape index (κ1) is 19.7. The standard InChI is InChI=1S/C24H18ClNO4/c25-16-11-9-15(10-12-16)13-22(23(27)28)26-24(29)30-14-21-19-7-3-1-5-17(19)18-6-2-4-8-20(18)21/h1-13,21H,14H2,(H,26,29)(H,27,28)/b22-13+. The van der Waals surface area contributed by atoms with Crippen molar-refractivity contribution in [2.24, 2.45) is 0 Å². The number of nitrogens with one attached hydrogen (secondary N) is 1. The molecule has 1 aliphatic carbocycles. The van der Waals surface area contributed by atoms with Crippen molar-refractivity contribution in [1.29, 1.82) is 0 Å². The molecule has 0 heterocycles. The Morgan fingerprint density at radius 1 is 0.933 bits per heavy atom. The summed E-state index contributed by atoms with van der Waals surface area (Å²) in [6.07, 6.45) is 0.527. The van der Waals surface area contributed by atoms with Crippen LogP contribution in [-0.4, -0.2) is 23.8 Å². The Morgan fingerprint density at radius 2 is 1.50 bits per heavy atom. The summed E-state index contributed by atoms with van der Waals surface area (Å²) in [5.74, 6) is -1.37. The van der Waals surface area contributed by atoms with E-state index in [0.29, 0.717) is 10.6 Å². The van der Waals surface area contributed by atoms with E-state index in [2.05, 4.69) is 5.32 Å². The lowest BCUT2D eigenvalue weighted by Gasteiger charge is -2.14. The van der Waals surface area contributed by atoms with Gasteiger partial charge in [0.15, 0.2) is 0 Å². The second kappa shape index (κ2) is 8.43. The molecule has 0 saturated carbocycles. The van der Waals surface area contributed by atoms with Gasteiger partial charge in [0.05, 0.1) is 0 Å². The Labute approximate surface area is 178 Å². The molecule has 3 aromatic rings. The van der Waals surface area contributed by atoms with Gasteiger partial charge in [-0.3, -0.25) is 5.32 Å². The number of rotatable bonds is 5. The number of carbonyl (C=O) groups excluding carboxylic acids is 1. The number of benzene rings is 3. The van der Waals surface area contributed by atoms with Gasteiger partial charge in [-0.25, -0.2) is 9.59 Å². The summed E-state index contributed by atoms with van der Waals surface area (Å²) in [6, 6.07) is 22.6. The third-order valence-corrected chi connectivity index (χ3v) is 5.24. The molecular formula is C24H18ClNO4. The van der Waals surface area contributed by atoms with Gasteiger partial charge >= 0.3 is 12.1 Å². The van der Waals surface area contributed by atoms with Crippen LogP contribution in [0.5, 0.6) is 0 Å². The van der Waals surface area contributed by atoms with Gasteiger partial charge < -0.3 is 9.84 Å². The summed E-state index contributed by atoms with van der Waals surface area (Å²) in [5, 5.41) is 12.3. The summed E-state index contributed by atoms with van der Waals surface area (Å²) in [7, 11) is 0. The summed E-state index contributed by atoms with van der Waals surface area (Å²) in [4.78, 5) is 23.9. The van der Waals surface area contributed by atoms with Crippen LogP contribution < -0.4 is 5.32 Å². The van der Waals surface area contributed by atoms with Gasteiger partial charge in [0.2, 0.25) is 0 Å². The fourth-order valence-electron chi connectivity index (χ4n) is 3.62. The van der Waals surface area contributed by atoms with E-state index in [0.717, 1.165) is 22.3 Å². The number of hydrogen-bond acceptors (Lipinski definition) is 3. The molecule has 2 N–H and O–H groups in total. The summed E-state index contributed by atoms with van der Waals surface area (Å²) < 4.78 is 5.40. The van der Waals surface area contributed by atoms with Gasteiger partial charge in [-0.1, -0.05) is 72.3 Å². The highest BCUT2D eigenvalue weighted by Crippen LogP contribution is 2.44. The SMILES string of the molecule is O=C(N/C(=C/c1ccc(Cl)cc1)C(=O)O)OCC1c2ccccc2-c2ccccc21. The second-order valence-electron chi connectivity index (χ2n) is 6.87. The van der Waals surface area contributed by atoms with Gasteiger partial charge in [0, 0.05) is 10.9 Å². The number of hydrogen-bond donors (Lipinski definition) is 2. The van der Waals surface area contributed by atoms with Crippen molar-refractivity contribution in [3.63, 3.8) is 0 Å². The number of alkyl carbamates (subject to hydrolysis) is 1. The highest BCUT2D eigenvalue weighted by atomic mass is 35.5. The minimum atomic E-state index is -1.27. The first-order valence-electron chi connectivity index (χ1n) is 9.35. The molecule has 0 fully saturated rings. The number of fused-ring (bicyclic) bond motifs is 3. The zero-order valence-corrected chi connectivity index (χ0v) is 16.6. The Kier molecular flexibility index (Phi) is 5.55. The van der Waals surface area contributed by atoms with Crippen LogP contribution in [0.3, 0.4) is 0 Å². The molecule has 0 aromatic heterocycles. The lowest BCUT2D eigenvalue weighted by Crippen LogP contribution is -2.29. The van der Waals surface area contributed by atoms with Gasteiger partial charge in [0.1, 0.15) is 12.3 Å². The zero-order valence-electron chi connectivity index (χ0n) is 15.8. The van der Waals surface area contributed by atoms with Gasteiger partial charge in [0.25, 0.3) is 0 Å². The maximum absolute atomic E-state index is 12.3. The molecule has 0 spiro atoms. The molecule has 3 aromatic carbocycles. The summed E-state index contributed by atoms with van der Waals surface area (Å²) >= 11 is 5.84. The predicted molar refractivity (Wildman–Crippen MR) is 115 cm³/mol. The van der Waals surface area contributed by atoms with Crippen molar-refractivity contribution in [2.75, 3.05) is 6.61 Å². The third-order valence-electron chi connectivity index (χ3n) is 4.99. The average molecular weight is 420 g/mol. The molecule has 6 heteroatoms. The van der Waals surface area contributed by atoms with Gasteiger partial charge in [-0.15, -0.1) is 0 Å². The van der Waals surface area contributed by atoms with Gasteiger partial charge in [-0.05, 0) is 46.0 Å². The van der Waals surface area contributed by atoms with Crippen molar-refractivity contribution in [3.05, 3.63) is 100 Å². The topological polar surface area (TPSA) is 75.6 Å². The molecule has 0 saturated heterocycles. The molecule has 0 aliphatic heterocycles. The van der Waals surface area contributed by atoms with E-state index in [-0.39, 0.29) is 18.2 Å². The van der Waals surface area contributed by atoms with Crippen molar-refractivity contribution >= 4 is 29.7 Å². The molecule has 30 heavy (non-hydrogen) atoms. The molecule has 0 radical (unpaired) electrons. The van der Waals surface area contributed by atoms with E-state index in [1.807, 2.05) is 48.5 Å². The molecule has 4 rings (SSSR count). The molecule has 0 unspecified atom stereocenters. The minimum absolute atomic E-state index is 0.100. The predicted octanol–water partition coefficient (Wildman–Crippen LogP) is 5.30. The van der Waals surface area contributed by atoms with Crippen LogP contribution in [0.1, 0.15) is 22.6 Å². The monoisotopic (exact) mass is 419 g/mol. The molecule has 0 atom stereocenters. The number of halogens is 1. The van der Waals surface area contributed by atoms with Crippen LogP contribution in [0, 0.1) is 0 Å². The maximum atomic E-state index is 12.3. The van der Waals surface area contributed by atoms with Crippen LogP contribution in [-0.2, 0) is 9.53 Å². The molecule has 5 nitrogen and oxygen atoms in total. The quantitative estimate of drug-likeness (QED) is 0.550. The van der Waals surface area contributed by atoms with E-state index in [9.17, 15) is 14.7 Å². The van der Waals surface area contributed by atoms with E-state index >= 15 is 0 Å². The smallest absolute Gasteiger partial charge is 0.411 e. The number of carboxylic acids is 1. The Balaban J connectivity index is 1.48. The van der Waals surface area contributed by atoms with Crippen molar-refractivity contribution in [2.45, 2.75) is 5.92 Å². The van der Waals surface area contributed by atoms with Crippen LogP contribution in [0.15, 0.2) is 78.5 Å². The lowest BCUT2D eigenvalue weighted by molar-refractivity contribution is -0.132. The molecule has 1 amide bonds. The van der Waals surface area contributed by atoms with E-state index in [1.54, 1.807) is 24.3 Å². The Bertz CT molecular complexity index is 1090. The number of aliphatic carboxylic acids is 1. The van der Waals surface area contributed by atoms with E-state index in [4.69, 9.17) is 16.3 Å². The largest absolute Gasteiger partial charge is 0.477 e. The first-order chi connectivity index (χ1) is 14.5. The number of amides is 1. The van der Waals surface area contributed by atoms with Crippen LogP contribution >= 0.6 is 11.6 Å². The van der Waals surface area contributed by atoms with Crippen LogP contribution in [0.25, 0.3) is 17.2 Å². The van der Waals surface area contributed by atoms with E-state index < -0.39 is 12.1 Å². The highest BCUT2D eigenvalue weighted by Gasteiger charge is 2.29. The van der Waals surface area contributed by atoms with Crippen molar-refractivity contribution < 1.29 is 19.4 Å². The third kappa shape index (κ3) is 4.07. The normalized spacial score (nSPS) is 12.8. The Morgan fingerprint density at radius 3 is 2.07 bits per heavy atom. The number of carbonyl (C=O) groups is 2. The highest BCUT2D eigenvalue weighted by molar-refractivity contribution is 6.30. The number of carboxylic acid groups (broad SMARTS) is 1. The fourth-order valence-corrected chi connectivity index (χ4v) is 3.75. The molecular weight excluding hydrogens is 402 g/mol. The van der Waals surface area contributed by atoms with Gasteiger partial charge in [-0.2, -0.15) is 0 Å². The van der Waals surface area contributed by atoms with Crippen molar-refractivity contribution in [1.82, 2.24) is 5.32 Å².